The topological polar surface area (TPSA) is 53.9 Å². The first-order chi connectivity index (χ1) is 6.65. The number of aromatic nitrogens is 2. The molecule has 0 aliphatic carbocycles. The Morgan fingerprint density at radius 2 is 1.36 bits per heavy atom. The van der Waals surface area contributed by atoms with Gasteiger partial charge >= 0.3 is 5.82 Å². The number of rotatable bonds is 3. The molecule has 0 aliphatic heterocycles. The summed E-state index contributed by atoms with van der Waals surface area (Å²) in [7, 11) is 0. The summed E-state index contributed by atoms with van der Waals surface area (Å²) in [6, 6.07) is 1.58. The second-order valence-electron chi connectivity index (χ2n) is 2.53. The molecule has 1 rings (SSSR count). The van der Waals surface area contributed by atoms with Crippen LogP contribution in [-0.2, 0) is 16.0 Å². The van der Waals surface area contributed by atoms with Crippen LogP contribution in [0.4, 0.5) is 0 Å². The molecule has 0 atom stereocenters. The Labute approximate surface area is 106 Å². The zero-order valence-electron chi connectivity index (χ0n) is 7.04. The molecule has 78 valence electrons. The van der Waals surface area contributed by atoms with Crippen molar-refractivity contribution in [3.8, 4) is 0 Å². The minimum absolute atomic E-state index is 0.149. The van der Waals surface area contributed by atoms with Gasteiger partial charge in [-0.15, -0.1) is 9.46 Å². The highest BCUT2D eigenvalue weighted by Crippen LogP contribution is 2.07. The zero-order valence-corrected chi connectivity index (χ0v) is 11.8. The molecule has 0 unspecified atom stereocenters. The van der Waals surface area contributed by atoms with Gasteiger partial charge in [-0.1, -0.05) is 47.8 Å². The fourth-order valence-corrected chi connectivity index (χ4v) is 2.25. The second-order valence-corrected chi connectivity index (χ2v) is 4.22. The van der Waals surface area contributed by atoms with Crippen molar-refractivity contribution in [2.75, 3.05) is 0 Å². The summed E-state index contributed by atoms with van der Waals surface area (Å²) >= 11 is 9.51. The van der Waals surface area contributed by atoms with Gasteiger partial charge in [-0.05, 0) is 0 Å². The third kappa shape index (κ3) is 2.20. The Balaban J connectivity index is 3.39. The monoisotopic (exact) mass is 388 g/mol. The summed E-state index contributed by atoms with van der Waals surface area (Å²) in [5.41, 5.74) is 1.06. The van der Waals surface area contributed by atoms with Crippen LogP contribution in [0, 0.1) is 10.4 Å². The third-order valence-corrected chi connectivity index (χ3v) is 3.37. The SMILES string of the molecule is [O-][n+]1c(CBr)cc(CBr)[n+]([O-])c1CBr. The summed E-state index contributed by atoms with van der Waals surface area (Å²) in [6.07, 6.45) is 0. The Bertz CT molecular complexity index is 318. The van der Waals surface area contributed by atoms with Crippen LogP contribution in [-0.4, -0.2) is 0 Å². The first kappa shape index (κ1) is 12.2. The van der Waals surface area contributed by atoms with Gasteiger partial charge in [-0.3, -0.25) is 0 Å². The third-order valence-electron chi connectivity index (χ3n) is 1.72. The molecule has 0 bridgehead atoms. The van der Waals surface area contributed by atoms with Gasteiger partial charge in [-0.25, -0.2) is 0 Å². The van der Waals surface area contributed by atoms with Crippen LogP contribution in [0.1, 0.15) is 17.2 Å². The van der Waals surface area contributed by atoms with Gasteiger partial charge in [0.1, 0.15) is 0 Å². The van der Waals surface area contributed by atoms with E-state index in [0.717, 1.165) is 0 Å². The Hall–Kier alpha value is 0.120. The van der Waals surface area contributed by atoms with E-state index >= 15 is 0 Å². The van der Waals surface area contributed by atoms with Crippen LogP contribution in [0.2, 0.25) is 0 Å². The highest BCUT2D eigenvalue weighted by molar-refractivity contribution is 9.09. The average Bonchev–Trinajstić information content (AvgIpc) is 2.19. The van der Waals surface area contributed by atoms with Gasteiger partial charge in [0.05, 0.1) is 16.7 Å². The summed E-state index contributed by atoms with van der Waals surface area (Å²) in [6.45, 7) is 0. The average molecular weight is 391 g/mol. The lowest BCUT2D eigenvalue weighted by Gasteiger charge is -2.08. The van der Waals surface area contributed by atoms with Gasteiger partial charge in [0.25, 0.3) is 0 Å². The first-order valence-corrected chi connectivity index (χ1v) is 7.06. The van der Waals surface area contributed by atoms with E-state index in [9.17, 15) is 10.4 Å². The van der Waals surface area contributed by atoms with Crippen molar-refractivity contribution in [3.05, 3.63) is 33.7 Å². The van der Waals surface area contributed by atoms with Crippen molar-refractivity contribution in [2.45, 2.75) is 16.0 Å². The molecule has 0 aromatic carbocycles. The minimum Gasteiger partial charge on any atom is -0.614 e. The van der Waals surface area contributed by atoms with E-state index in [1.165, 1.54) is 0 Å². The van der Waals surface area contributed by atoms with E-state index in [2.05, 4.69) is 47.8 Å². The van der Waals surface area contributed by atoms with Crippen LogP contribution in [0.3, 0.4) is 0 Å². The molecule has 0 saturated carbocycles. The van der Waals surface area contributed by atoms with E-state index in [4.69, 9.17) is 0 Å². The molecule has 0 amide bonds. The molecule has 1 heterocycles. The molecule has 0 spiro atoms. The van der Waals surface area contributed by atoms with Gasteiger partial charge in [0, 0.05) is 0 Å². The van der Waals surface area contributed by atoms with E-state index < -0.39 is 0 Å². The predicted molar refractivity (Wildman–Crippen MR) is 62.3 cm³/mol. The maximum absolute atomic E-state index is 11.5. The predicted octanol–water partition coefficient (Wildman–Crippen LogP) is 1.64. The molecule has 14 heavy (non-hydrogen) atoms. The Morgan fingerprint density at radius 3 is 1.64 bits per heavy atom. The fraction of sp³-hybridized carbons (Fsp3) is 0.429. The van der Waals surface area contributed by atoms with E-state index in [0.29, 0.717) is 31.5 Å². The van der Waals surface area contributed by atoms with Crippen LogP contribution >= 0.6 is 47.8 Å². The van der Waals surface area contributed by atoms with E-state index in [1.807, 2.05) is 0 Å². The summed E-state index contributed by atoms with van der Waals surface area (Å²) < 4.78 is 1.28. The molecule has 7 heteroatoms. The van der Waals surface area contributed by atoms with Crippen molar-refractivity contribution in [3.63, 3.8) is 0 Å². The first-order valence-electron chi connectivity index (χ1n) is 3.70. The molecule has 0 radical (unpaired) electrons. The molecule has 1 aromatic heterocycles. The molecular formula is C7H7Br3N2O2. The van der Waals surface area contributed by atoms with Crippen LogP contribution in [0.5, 0.6) is 0 Å². The number of alkyl halides is 3. The van der Waals surface area contributed by atoms with Crippen LogP contribution in [0.15, 0.2) is 6.07 Å². The molecular weight excluding hydrogens is 384 g/mol. The largest absolute Gasteiger partial charge is 0.614 e. The van der Waals surface area contributed by atoms with Crippen molar-refractivity contribution in [2.24, 2.45) is 0 Å². The maximum Gasteiger partial charge on any atom is 0.451 e. The smallest absolute Gasteiger partial charge is 0.451 e. The maximum atomic E-state index is 11.5. The minimum atomic E-state index is 0.149. The Kier molecular flexibility index (Phi) is 4.59. The van der Waals surface area contributed by atoms with Crippen LogP contribution in [0.25, 0.3) is 0 Å². The zero-order chi connectivity index (χ0) is 10.7. The standard InChI is InChI=1S/C7H7Br3N2O2/c8-2-5-1-6(3-9)12(14)7(4-10)11(5)13/h1H,2-4H2. The van der Waals surface area contributed by atoms with Gasteiger partial charge in [-0.2, -0.15) is 0 Å². The van der Waals surface area contributed by atoms with Crippen molar-refractivity contribution in [1.82, 2.24) is 0 Å². The highest BCUT2D eigenvalue weighted by atomic mass is 79.9. The van der Waals surface area contributed by atoms with Crippen molar-refractivity contribution in [1.29, 1.82) is 0 Å². The van der Waals surface area contributed by atoms with Crippen molar-refractivity contribution >= 4 is 47.8 Å². The lowest BCUT2D eigenvalue weighted by Crippen LogP contribution is -2.51. The van der Waals surface area contributed by atoms with Crippen molar-refractivity contribution < 1.29 is 9.46 Å². The molecule has 0 aliphatic rings. The highest BCUT2D eigenvalue weighted by Gasteiger charge is 2.23. The summed E-state index contributed by atoms with van der Waals surface area (Å²) in [5, 5.41) is 24.2. The second kappa shape index (κ2) is 5.27. The fourth-order valence-electron chi connectivity index (χ4n) is 1.02. The molecule has 1 aromatic rings. The van der Waals surface area contributed by atoms with Gasteiger partial charge in [0.15, 0.2) is 5.33 Å². The molecule has 0 N–H and O–H groups in total. The normalized spacial score (nSPS) is 10.5. The van der Waals surface area contributed by atoms with Gasteiger partial charge in [0.2, 0.25) is 11.4 Å². The number of nitrogens with zero attached hydrogens (tertiary/aromatic N) is 2. The van der Waals surface area contributed by atoms with E-state index in [-0.39, 0.29) is 11.2 Å². The van der Waals surface area contributed by atoms with Crippen LogP contribution < -0.4 is 9.46 Å². The lowest BCUT2D eigenvalue weighted by molar-refractivity contribution is -0.762. The number of hydrogen-bond acceptors (Lipinski definition) is 2. The summed E-state index contributed by atoms with van der Waals surface area (Å²) in [5.74, 6) is 0.149. The molecule has 0 fully saturated rings. The quantitative estimate of drug-likeness (QED) is 0.447. The molecule has 4 nitrogen and oxygen atoms in total. The summed E-state index contributed by atoms with van der Waals surface area (Å²) in [4.78, 5) is 0. The van der Waals surface area contributed by atoms with E-state index in [1.54, 1.807) is 6.07 Å². The Morgan fingerprint density at radius 1 is 0.929 bits per heavy atom. The lowest BCUT2D eigenvalue weighted by atomic mass is 10.3. The molecule has 0 saturated heterocycles. The number of hydrogen-bond donors (Lipinski definition) is 0. The number of halogens is 3. The van der Waals surface area contributed by atoms with Gasteiger partial charge < -0.3 is 10.4 Å².